The molecular formula is C6H8B2. The zero-order valence-electron chi connectivity index (χ0n) is 5.09. The molecule has 1 rings (SSSR count). The Morgan fingerprint density at radius 1 is 1.12 bits per heavy atom. The zero-order valence-corrected chi connectivity index (χ0v) is 5.09. The number of benzene rings is 1. The van der Waals surface area contributed by atoms with E-state index < -0.39 is 0 Å². The van der Waals surface area contributed by atoms with E-state index in [1.807, 2.05) is 6.07 Å². The molecule has 0 amide bonds. The summed E-state index contributed by atoms with van der Waals surface area (Å²) in [6.45, 7) is 0. The monoisotopic (exact) mass is 102 g/mol. The van der Waals surface area contributed by atoms with Crippen molar-refractivity contribution in [3.63, 3.8) is 0 Å². The first-order valence-electron chi connectivity index (χ1n) is 2.97. The first kappa shape index (κ1) is 5.49. The van der Waals surface area contributed by atoms with Crippen molar-refractivity contribution in [3.05, 3.63) is 30.3 Å². The van der Waals surface area contributed by atoms with Crippen LogP contribution in [0.2, 0.25) is 0 Å². The van der Waals surface area contributed by atoms with Gasteiger partial charge in [0.25, 0.3) is 0 Å². The number of rotatable bonds is 1. The van der Waals surface area contributed by atoms with Crippen LogP contribution in [0.3, 0.4) is 0 Å². The topological polar surface area (TPSA) is 0 Å². The van der Waals surface area contributed by atoms with Crippen LogP contribution >= 0.6 is 0 Å². The van der Waals surface area contributed by atoms with Crippen LogP contribution in [0, 0.1) is 0 Å². The van der Waals surface area contributed by atoms with Gasteiger partial charge in [-0.2, -0.15) is 0 Å². The minimum Gasteiger partial charge on any atom is -0.0934 e. The van der Waals surface area contributed by atoms with Crippen LogP contribution < -0.4 is 5.46 Å². The van der Waals surface area contributed by atoms with E-state index in [-0.39, 0.29) is 0 Å². The lowest BCUT2D eigenvalue weighted by Crippen LogP contribution is -2.12. The summed E-state index contributed by atoms with van der Waals surface area (Å²) in [5.74, 6) is 0. The fourth-order valence-corrected chi connectivity index (χ4v) is 0.714. The van der Waals surface area contributed by atoms with E-state index in [0.29, 0.717) is 0 Å². The molecule has 8 heavy (non-hydrogen) atoms. The molecule has 0 saturated heterocycles. The van der Waals surface area contributed by atoms with Crippen LogP contribution in [0.4, 0.5) is 0 Å². The molecule has 0 heterocycles. The quantitative estimate of drug-likeness (QED) is 0.411. The van der Waals surface area contributed by atoms with E-state index in [1.54, 1.807) is 0 Å². The Morgan fingerprint density at radius 2 is 1.75 bits per heavy atom. The zero-order chi connectivity index (χ0) is 5.82. The van der Waals surface area contributed by atoms with E-state index in [9.17, 15) is 0 Å². The van der Waals surface area contributed by atoms with Gasteiger partial charge in [-0.3, -0.25) is 0 Å². The molecule has 0 radical (unpaired) electrons. The van der Waals surface area contributed by atoms with Gasteiger partial charge in [0.1, 0.15) is 7.17 Å². The fraction of sp³-hybridized carbons (Fsp3) is 0. The molecule has 38 valence electrons. The molecule has 1 aromatic carbocycles. The van der Waals surface area contributed by atoms with Gasteiger partial charge in [0.2, 0.25) is 0 Å². The summed E-state index contributed by atoms with van der Waals surface area (Å²) in [7, 11) is 3.30. The van der Waals surface area contributed by atoms with Crippen LogP contribution in [0.25, 0.3) is 0 Å². The van der Waals surface area contributed by atoms with E-state index in [2.05, 4.69) is 32.0 Å². The molecule has 0 N–H and O–H groups in total. The van der Waals surface area contributed by atoms with Crippen molar-refractivity contribution in [2.45, 2.75) is 0 Å². The second-order valence-corrected chi connectivity index (χ2v) is 1.84. The molecule has 0 bridgehead atoms. The van der Waals surface area contributed by atoms with E-state index in [0.717, 1.165) is 7.17 Å². The standard InChI is InChI=1S/C6H8B2/c7-8-6-4-2-1-3-5-6/h1-5,8H,7H2. The van der Waals surface area contributed by atoms with Gasteiger partial charge >= 0.3 is 0 Å². The summed E-state index contributed by atoms with van der Waals surface area (Å²) in [6, 6.07) is 10.5. The smallest absolute Gasteiger partial charge is 0.0934 e. The molecule has 0 aliphatic rings. The molecule has 0 saturated carbocycles. The van der Waals surface area contributed by atoms with Crippen molar-refractivity contribution < 1.29 is 0 Å². The summed E-state index contributed by atoms with van der Waals surface area (Å²) >= 11 is 0. The number of hydrogen-bond acceptors (Lipinski definition) is 0. The molecule has 2 heteroatoms. The molecule has 0 nitrogen and oxygen atoms in total. The summed E-state index contributed by atoms with van der Waals surface area (Å²) in [4.78, 5) is 0. The highest BCUT2D eigenvalue weighted by Crippen LogP contribution is 1.78. The average Bonchev–Trinajstić information content (AvgIpc) is 1.90. The molecule has 0 aliphatic heterocycles. The van der Waals surface area contributed by atoms with Crippen molar-refractivity contribution in [1.82, 2.24) is 0 Å². The lowest BCUT2D eigenvalue weighted by molar-refractivity contribution is 1.77. The van der Waals surface area contributed by atoms with Crippen molar-refractivity contribution in [1.29, 1.82) is 0 Å². The summed E-state index contributed by atoms with van der Waals surface area (Å²) in [6.07, 6.45) is 0. The van der Waals surface area contributed by atoms with Crippen LogP contribution in [0.1, 0.15) is 0 Å². The Balaban J connectivity index is 2.83. The van der Waals surface area contributed by atoms with Gasteiger partial charge in [-0.25, -0.2) is 0 Å². The van der Waals surface area contributed by atoms with Crippen molar-refractivity contribution >= 4 is 20.4 Å². The fourth-order valence-electron chi connectivity index (χ4n) is 0.714. The SMILES string of the molecule is BBc1ccccc1. The minimum atomic E-state index is 1.14. The molecule has 0 unspecified atom stereocenters. The first-order chi connectivity index (χ1) is 3.93. The second kappa shape index (κ2) is 2.61. The maximum absolute atomic E-state index is 2.16. The largest absolute Gasteiger partial charge is 0.118 e. The first-order valence-corrected chi connectivity index (χ1v) is 2.97. The highest BCUT2D eigenvalue weighted by Gasteiger charge is 1.82. The third-order valence-electron chi connectivity index (χ3n) is 1.25. The summed E-state index contributed by atoms with van der Waals surface area (Å²) < 4.78 is 0. The molecule has 0 aromatic heterocycles. The van der Waals surface area contributed by atoms with Crippen molar-refractivity contribution in [2.24, 2.45) is 0 Å². The Labute approximate surface area is 51.6 Å². The van der Waals surface area contributed by atoms with Gasteiger partial charge in [0.05, 0.1) is 7.74 Å². The molecule has 0 aliphatic carbocycles. The molecule has 0 spiro atoms. The lowest BCUT2D eigenvalue weighted by atomic mass is 9.51. The average molecular weight is 102 g/mol. The van der Waals surface area contributed by atoms with Crippen LogP contribution in [0.5, 0.6) is 0 Å². The predicted octanol–water partition coefficient (Wildman–Crippen LogP) is -0.704. The van der Waals surface area contributed by atoms with Gasteiger partial charge in [0.15, 0.2) is 0 Å². The molecule has 0 atom stereocenters. The van der Waals surface area contributed by atoms with Crippen LogP contribution in [-0.4, -0.2) is 14.9 Å². The normalized spacial score (nSPS) is 8.50. The molecular weight excluding hydrogens is 93.7 g/mol. The Bertz CT molecular complexity index is 148. The van der Waals surface area contributed by atoms with Crippen LogP contribution in [0.15, 0.2) is 30.3 Å². The highest BCUT2D eigenvalue weighted by molar-refractivity contribution is 6.97. The third-order valence-corrected chi connectivity index (χ3v) is 1.25. The van der Waals surface area contributed by atoms with Gasteiger partial charge < -0.3 is 0 Å². The highest BCUT2D eigenvalue weighted by atomic mass is 13.7. The minimum absolute atomic E-state index is 1.14. The predicted molar refractivity (Wildman–Crippen MR) is 41.8 cm³/mol. The van der Waals surface area contributed by atoms with Crippen LogP contribution in [-0.2, 0) is 0 Å². The van der Waals surface area contributed by atoms with E-state index in [1.165, 1.54) is 5.46 Å². The van der Waals surface area contributed by atoms with Crippen molar-refractivity contribution in [3.8, 4) is 0 Å². The molecule has 0 fully saturated rings. The van der Waals surface area contributed by atoms with Gasteiger partial charge in [0, 0.05) is 0 Å². The second-order valence-electron chi connectivity index (χ2n) is 1.84. The molecule has 1 aromatic rings. The van der Waals surface area contributed by atoms with Gasteiger partial charge in [-0.15, -0.1) is 0 Å². The van der Waals surface area contributed by atoms with Crippen molar-refractivity contribution in [2.75, 3.05) is 0 Å². The summed E-state index contributed by atoms with van der Waals surface area (Å²) in [5, 5.41) is 0. The van der Waals surface area contributed by atoms with Gasteiger partial charge in [-0.1, -0.05) is 35.8 Å². The Morgan fingerprint density at radius 3 is 2.12 bits per heavy atom. The van der Waals surface area contributed by atoms with Gasteiger partial charge in [-0.05, 0) is 0 Å². The van der Waals surface area contributed by atoms with E-state index >= 15 is 0 Å². The third kappa shape index (κ3) is 1.16. The maximum atomic E-state index is 2.16. The lowest BCUT2D eigenvalue weighted by Gasteiger charge is -1.88. The number of hydrogen-bond donors (Lipinski definition) is 0. The Hall–Kier alpha value is -0.650. The summed E-state index contributed by atoms with van der Waals surface area (Å²) in [5.41, 5.74) is 1.41. The Kier molecular flexibility index (Phi) is 1.79. The van der Waals surface area contributed by atoms with E-state index in [4.69, 9.17) is 0 Å². The maximum Gasteiger partial charge on any atom is 0.118 e.